The molecule has 0 spiro atoms. The number of carbonyl (C=O) groups is 1. The Labute approximate surface area is 166 Å². The molecule has 0 unspecified atom stereocenters. The lowest BCUT2D eigenvalue weighted by molar-refractivity contribution is 0.102. The zero-order valence-electron chi connectivity index (χ0n) is 15.5. The normalized spacial score (nSPS) is 13.4. The van der Waals surface area contributed by atoms with E-state index in [0.29, 0.717) is 0 Å². The highest BCUT2D eigenvalue weighted by atomic mass is 19.2. The number of benzene rings is 2. The van der Waals surface area contributed by atoms with Gasteiger partial charge in [-0.3, -0.25) is 4.79 Å². The summed E-state index contributed by atoms with van der Waals surface area (Å²) in [6, 6.07) is 12.5. The van der Waals surface area contributed by atoms with Crippen molar-refractivity contribution in [2.75, 3.05) is 28.6 Å². The Hall–Kier alpha value is -3.55. The minimum absolute atomic E-state index is 0.0981. The molecule has 1 amide bonds. The summed E-state index contributed by atoms with van der Waals surface area (Å²) in [6.07, 6.45) is 3.88. The number of amides is 1. The summed E-state index contributed by atoms with van der Waals surface area (Å²) in [7, 11) is 0. The smallest absolute Gasteiger partial charge is 0.274 e. The monoisotopic (exact) mass is 395 g/mol. The molecule has 2 heterocycles. The van der Waals surface area contributed by atoms with Crippen LogP contribution in [0.2, 0.25) is 0 Å². The summed E-state index contributed by atoms with van der Waals surface area (Å²) in [5.74, 6) is -2.31. The molecular weight excluding hydrogens is 376 g/mol. The molecular formula is C21H19F2N5O. The Balaban J connectivity index is 1.43. The maximum atomic E-state index is 13.3. The molecule has 1 fully saturated rings. The summed E-state index contributed by atoms with van der Waals surface area (Å²) in [4.78, 5) is 23.0. The molecule has 29 heavy (non-hydrogen) atoms. The summed E-state index contributed by atoms with van der Waals surface area (Å²) < 4.78 is 26.3. The first-order valence-corrected chi connectivity index (χ1v) is 9.30. The van der Waals surface area contributed by atoms with Crippen LogP contribution in [0.25, 0.3) is 0 Å². The molecule has 2 N–H and O–H groups in total. The Kier molecular flexibility index (Phi) is 5.33. The van der Waals surface area contributed by atoms with Crippen molar-refractivity contribution in [3.8, 4) is 0 Å². The van der Waals surface area contributed by atoms with Crippen molar-refractivity contribution in [2.24, 2.45) is 0 Å². The van der Waals surface area contributed by atoms with Crippen LogP contribution >= 0.6 is 0 Å². The van der Waals surface area contributed by atoms with Gasteiger partial charge in [-0.2, -0.15) is 0 Å². The SMILES string of the molecule is O=C(Nc1ccc(F)c(F)c1)c1ccnc(Nc2ccc(N3CCCC3)cc2)n1. The van der Waals surface area contributed by atoms with E-state index in [0.717, 1.165) is 30.9 Å². The molecule has 1 aromatic heterocycles. The lowest BCUT2D eigenvalue weighted by Crippen LogP contribution is -2.17. The molecule has 1 aliphatic rings. The fourth-order valence-corrected chi connectivity index (χ4v) is 3.17. The quantitative estimate of drug-likeness (QED) is 0.672. The summed E-state index contributed by atoms with van der Waals surface area (Å²) in [5.41, 5.74) is 2.21. The van der Waals surface area contributed by atoms with Gasteiger partial charge in [0.2, 0.25) is 5.95 Å². The van der Waals surface area contributed by atoms with E-state index in [9.17, 15) is 13.6 Å². The molecule has 1 saturated heterocycles. The Morgan fingerprint density at radius 2 is 1.66 bits per heavy atom. The van der Waals surface area contributed by atoms with Crippen molar-refractivity contribution in [3.63, 3.8) is 0 Å². The predicted molar refractivity (Wildman–Crippen MR) is 108 cm³/mol. The third kappa shape index (κ3) is 4.48. The Morgan fingerprint density at radius 3 is 2.38 bits per heavy atom. The standard InChI is InChI=1S/C21H19F2N5O/c22-17-8-5-15(13-18(17)23)25-20(29)19-9-10-24-21(27-19)26-14-3-6-16(7-4-14)28-11-1-2-12-28/h3-10,13H,1-2,11-12H2,(H,25,29)(H,24,26,27). The van der Waals surface area contributed by atoms with Gasteiger partial charge >= 0.3 is 0 Å². The molecule has 1 aliphatic heterocycles. The number of hydrogen-bond donors (Lipinski definition) is 2. The van der Waals surface area contributed by atoms with Crippen LogP contribution in [0.15, 0.2) is 54.7 Å². The molecule has 4 rings (SSSR count). The van der Waals surface area contributed by atoms with Gasteiger partial charge in [-0.1, -0.05) is 0 Å². The van der Waals surface area contributed by atoms with Crippen molar-refractivity contribution in [1.82, 2.24) is 9.97 Å². The maximum Gasteiger partial charge on any atom is 0.274 e. The highest BCUT2D eigenvalue weighted by molar-refractivity contribution is 6.03. The minimum atomic E-state index is -1.04. The van der Waals surface area contributed by atoms with Crippen molar-refractivity contribution >= 4 is 28.9 Å². The highest BCUT2D eigenvalue weighted by Crippen LogP contribution is 2.23. The summed E-state index contributed by atoms with van der Waals surface area (Å²) in [5, 5.41) is 5.55. The lowest BCUT2D eigenvalue weighted by atomic mass is 10.2. The molecule has 0 radical (unpaired) electrons. The van der Waals surface area contributed by atoms with Crippen molar-refractivity contribution in [1.29, 1.82) is 0 Å². The largest absolute Gasteiger partial charge is 0.372 e. The van der Waals surface area contributed by atoms with Gasteiger partial charge in [0, 0.05) is 42.4 Å². The van der Waals surface area contributed by atoms with E-state index >= 15 is 0 Å². The van der Waals surface area contributed by atoms with Crippen LogP contribution in [0.3, 0.4) is 0 Å². The van der Waals surface area contributed by atoms with Crippen LogP contribution in [0.5, 0.6) is 0 Å². The summed E-state index contributed by atoms with van der Waals surface area (Å²) in [6.45, 7) is 2.15. The summed E-state index contributed by atoms with van der Waals surface area (Å²) >= 11 is 0. The van der Waals surface area contributed by atoms with Crippen LogP contribution in [-0.4, -0.2) is 29.0 Å². The van der Waals surface area contributed by atoms with Gasteiger partial charge in [0.05, 0.1) is 0 Å². The number of aromatic nitrogens is 2. The highest BCUT2D eigenvalue weighted by Gasteiger charge is 2.13. The topological polar surface area (TPSA) is 70.2 Å². The van der Waals surface area contributed by atoms with Gasteiger partial charge in [0.15, 0.2) is 11.6 Å². The zero-order chi connectivity index (χ0) is 20.2. The first-order valence-electron chi connectivity index (χ1n) is 9.30. The van der Waals surface area contributed by atoms with Gasteiger partial charge in [-0.05, 0) is 55.3 Å². The predicted octanol–water partition coefficient (Wildman–Crippen LogP) is 4.35. The molecule has 2 aromatic carbocycles. The van der Waals surface area contributed by atoms with E-state index in [2.05, 4.69) is 25.5 Å². The number of halogens is 2. The maximum absolute atomic E-state index is 13.3. The Morgan fingerprint density at radius 1 is 0.931 bits per heavy atom. The minimum Gasteiger partial charge on any atom is -0.372 e. The third-order valence-electron chi connectivity index (χ3n) is 4.66. The number of rotatable bonds is 5. The van der Waals surface area contributed by atoms with E-state index in [1.807, 2.05) is 24.3 Å². The number of anilines is 4. The lowest BCUT2D eigenvalue weighted by Gasteiger charge is -2.17. The number of nitrogens with zero attached hydrogens (tertiary/aromatic N) is 3. The third-order valence-corrected chi connectivity index (χ3v) is 4.66. The van der Waals surface area contributed by atoms with Gasteiger partial charge in [-0.15, -0.1) is 0 Å². The second-order valence-electron chi connectivity index (χ2n) is 6.71. The molecule has 0 aliphatic carbocycles. The van der Waals surface area contributed by atoms with E-state index in [-0.39, 0.29) is 17.3 Å². The van der Waals surface area contributed by atoms with Crippen molar-refractivity contribution in [3.05, 3.63) is 72.1 Å². The van der Waals surface area contributed by atoms with Gasteiger partial charge in [0.1, 0.15) is 5.69 Å². The number of carbonyl (C=O) groups excluding carboxylic acids is 1. The zero-order valence-corrected chi connectivity index (χ0v) is 15.5. The molecule has 6 nitrogen and oxygen atoms in total. The van der Waals surface area contributed by atoms with Crippen LogP contribution in [-0.2, 0) is 0 Å². The van der Waals surface area contributed by atoms with Crippen LogP contribution in [0, 0.1) is 11.6 Å². The molecule has 0 saturated carbocycles. The fourth-order valence-electron chi connectivity index (χ4n) is 3.17. The molecule has 3 aromatic rings. The first kappa shape index (κ1) is 18.8. The molecule has 0 bridgehead atoms. The molecule has 0 atom stereocenters. The van der Waals surface area contributed by atoms with E-state index in [1.165, 1.54) is 36.9 Å². The van der Waals surface area contributed by atoms with Gasteiger partial charge in [-0.25, -0.2) is 18.7 Å². The van der Waals surface area contributed by atoms with Crippen molar-refractivity contribution in [2.45, 2.75) is 12.8 Å². The Bertz CT molecular complexity index is 1020. The van der Waals surface area contributed by atoms with Crippen LogP contribution < -0.4 is 15.5 Å². The van der Waals surface area contributed by atoms with Gasteiger partial charge < -0.3 is 15.5 Å². The van der Waals surface area contributed by atoms with E-state index in [4.69, 9.17) is 0 Å². The molecule has 8 heteroatoms. The van der Waals surface area contributed by atoms with E-state index in [1.54, 1.807) is 0 Å². The van der Waals surface area contributed by atoms with E-state index < -0.39 is 17.5 Å². The first-order chi connectivity index (χ1) is 14.1. The second kappa shape index (κ2) is 8.22. The van der Waals surface area contributed by atoms with Crippen LogP contribution in [0.1, 0.15) is 23.3 Å². The fraction of sp³-hybridized carbons (Fsp3) is 0.190. The average molecular weight is 395 g/mol. The average Bonchev–Trinajstić information content (AvgIpc) is 3.26. The molecule has 148 valence electrons. The van der Waals surface area contributed by atoms with Gasteiger partial charge in [0.25, 0.3) is 5.91 Å². The van der Waals surface area contributed by atoms with Crippen LogP contribution in [0.4, 0.5) is 31.8 Å². The second-order valence-corrected chi connectivity index (χ2v) is 6.71. The number of hydrogen-bond acceptors (Lipinski definition) is 5. The number of nitrogens with one attached hydrogen (secondary N) is 2. The van der Waals surface area contributed by atoms with Crippen molar-refractivity contribution < 1.29 is 13.6 Å².